The molecule has 1 saturated heterocycles. The Balaban J connectivity index is 0.000000968. The molecule has 18 heteroatoms. The average Bonchev–Trinajstić information content (AvgIpc) is 3.02. The van der Waals surface area contributed by atoms with Gasteiger partial charge < -0.3 is 14.5 Å². The highest BCUT2D eigenvalue weighted by atomic mass is 32.2. The third-order valence-electron chi connectivity index (χ3n) is 6.77. The molecule has 3 heterocycles. The Hall–Kier alpha value is -5.07. The summed E-state index contributed by atoms with van der Waals surface area (Å²) >= 11 is 0. The quantitative estimate of drug-likeness (QED) is 0.202. The summed E-state index contributed by atoms with van der Waals surface area (Å²) < 4.78 is 86.9. The summed E-state index contributed by atoms with van der Waals surface area (Å²) in [7, 11) is -6.81. The summed E-state index contributed by atoms with van der Waals surface area (Å²) in [4.78, 5) is 39.6. The van der Waals surface area contributed by atoms with Gasteiger partial charge in [-0.3, -0.25) is 18.9 Å². The van der Waals surface area contributed by atoms with Crippen LogP contribution in [-0.4, -0.2) is 92.5 Å². The first-order chi connectivity index (χ1) is 22.6. The Morgan fingerprint density at radius 3 is 2.25 bits per heavy atom. The van der Waals surface area contributed by atoms with E-state index in [1.165, 1.54) is 44.8 Å². The molecule has 254 valence electrons. The molecule has 0 unspecified atom stereocenters. The highest BCUT2D eigenvalue weighted by Gasteiger charge is 2.24. The number of ether oxygens (including phenoxy) is 1. The Morgan fingerprint density at radius 1 is 0.938 bits per heavy atom. The first-order valence-corrected chi connectivity index (χ1v) is 17.3. The number of halogens is 2. The number of nitrogens with one attached hydrogen (secondary N) is 1. The second kappa shape index (κ2) is 14.8. The van der Waals surface area contributed by atoms with Crippen LogP contribution in [0, 0.1) is 11.6 Å². The first-order valence-electron chi connectivity index (χ1n) is 14.0. The molecule has 14 nitrogen and oxygen atoms in total. The Bertz CT molecular complexity index is 2100. The van der Waals surface area contributed by atoms with Gasteiger partial charge in [0.1, 0.15) is 34.4 Å². The predicted octanol–water partition coefficient (Wildman–Crippen LogP) is 3.08. The van der Waals surface area contributed by atoms with E-state index in [4.69, 9.17) is 9.29 Å². The fourth-order valence-corrected chi connectivity index (χ4v) is 5.75. The number of nitrogens with zero attached hydrogens (tertiary/aromatic N) is 5. The smallest absolute Gasteiger partial charge is 0.264 e. The van der Waals surface area contributed by atoms with Crippen molar-refractivity contribution in [1.29, 1.82) is 0 Å². The molecule has 2 N–H and O–H groups in total. The zero-order valence-electron chi connectivity index (χ0n) is 25.8. The van der Waals surface area contributed by atoms with Gasteiger partial charge in [-0.15, -0.1) is 0 Å². The highest BCUT2D eigenvalue weighted by Crippen LogP contribution is 2.33. The van der Waals surface area contributed by atoms with Crippen molar-refractivity contribution in [3.8, 4) is 17.0 Å². The minimum Gasteiger partial charge on any atom is -0.480 e. The van der Waals surface area contributed by atoms with Crippen molar-refractivity contribution < 1.29 is 44.5 Å². The van der Waals surface area contributed by atoms with E-state index in [9.17, 15) is 35.2 Å². The number of hydrogen-bond donors (Lipinski definition) is 2. The Morgan fingerprint density at radius 2 is 1.62 bits per heavy atom. The fourth-order valence-electron chi connectivity index (χ4n) is 4.65. The summed E-state index contributed by atoms with van der Waals surface area (Å²) in [5, 5.41) is 0.725. The zero-order valence-corrected chi connectivity index (χ0v) is 27.4. The maximum Gasteiger partial charge on any atom is 0.264 e. The molecule has 0 saturated carbocycles. The van der Waals surface area contributed by atoms with Crippen LogP contribution < -0.4 is 14.4 Å². The fraction of sp³-hybridized carbons (Fsp3) is 0.233. The van der Waals surface area contributed by atoms with E-state index in [-0.39, 0.29) is 23.3 Å². The lowest BCUT2D eigenvalue weighted by Crippen LogP contribution is -2.48. The van der Waals surface area contributed by atoms with Crippen molar-refractivity contribution >= 4 is 54.2 Å². The van der Waals surface area contributed by atoms with Gasteiger partial charge in [0.05, 0.1) is 18.9 Å². The number of piperazine rings is 1. The number of aromatic nitrogens is 3. The molecule has 0 atom stereocenters. The number of carbonyl (C=O) groups is 2. The molecule has 1 aliphatic rings. The largest absolute Gasteiger partial charge is 0.480 e. The Kier molecular flexibility index (Phi) is 11.0. The topological polar surface area (TPSA) is 189 Å². The number of anilines is 2. The monoisotopic (exact) mass is 704 g/mol. The number of amides is 1. The SMILES string of the molecule is COc1ncc(-c2ccc3ncnc(N4CCN(C(=O)/C=C/C(C)=O)CC4)c3c2)cc1NS(=O)(=O)c1ccc(F)cc1F.CS(=O)(=O)O. The molecule has 1 aliphatic heterocycles. The van der Waals surface area contributed by atoms with Gasteiger partial charge in [0.15, 0.2) is 5.78 Å². The summed E-state index contributed by atoms with van der Waals surface area (Å²) in [6, 6.07) is 9.09. The standard InChI is InChI=1S/C29H26F2N6O5S.CH4O3S/c1-18(38)3-8-27(39)36-9-11-37(12-10-36)28-22-13-19(4-6-24(22)33-17-34-28)20-14-25(29(42-2)32-16-20)35-43(40,41)26-7-5-21(30)15-23(26)31;1-5(2,3)4/h3-8,13-17,35H,9-12H2,1-2H3;1H3,(H,2,3,4)/b8-3+;. The normalized spacial score (nSPS) is 13.6. The minimum atomic E-state index is -4.45. The van der Waals surface area contributed by atoms with Gasteiger partial charge >= 0.3 is 0 Å². The lowest BCUT2D eigenvalue weighted by molar-refractivity contribution is -0.126. The van der Waals surface area contributed by atoms with Gasteiger partial charge in [-0.2, -0.15) is 8.42 Å². The molecule has 2 aromatic heterocycles. The van der Waals surface area contributed by atoms with E-state index in [0.29, 0.717) is 61.0 Å². The molecular formula is C30H30F2N6O8S2. The van der Waals surface area contributed by atoms with Crippen LogP contribution in [0.1, 0.15) is 6.92 Å². The molecule has 0 radical (unpaired) electrons. The lowest BCUT2D eigenvalue weighted by atomic mass is 10.0. The number of pyridine rings is 1. The number of fused-ring (bicyclic) bond motifs is 1. The number of rotatable bonds is 8. The average molecular weight is 705 g/mol. The van der Waals surface area contributed by atoms with Gasteiger partial charge in [0.2, 0.25) is 11.8 Å². The Labute approximate surface area is 274 Å². The number of sulfonamides is 1. The second-order valence-corrected chi connectivity index (χ2v) is 13.5. The van der Waals surface area contributed by atoms with Gasteiger partial charge in [0, 0.05) is 55.5 Å². The molecule has 1 fully saturated rings. The number of ketones is 1. The maximum absolute atomic E-state index is 14.3. The lowest BCUT2D eigenvalue weighted by Gasteiger charge is -2.35. The van der Waals surface area contributed by atoms with Gasteiger partial charge in [-0.05, 0) is 48.9 Å². The van der Waals surface area contributed by atoms with Crippen LogP contribution in [-0.2, 0) is 29.7 Å². The second-order valence-electron chi connectivity index (χ2n) is 10.4. The first kappa shape index (κ1) is 35.8. The number of hydrogen-bond acceptors (Lipinski definition) is 11. The van der Waals surface area contributed by atoms with E-state index in [1.54, 1.807) is 17.0 Å². The van der Waals surface area contributed by atoms with Crippen LogP contribution in [0.15, 0.2) is 72.0 Å². The van der Waals surface area contributed by atoms with E-state index in [2.05, 4.69) is 19.7 Å². The van der Waals surface area contributed by atoms with E-state index >= 15 is 0 Å². The molecule has 5 rings (SSSR count). The third-order valence-corrected chi connectivity index (χ3v) is 8.17. The molecule has 4 aromatic rings. The number of benzene rings is 2. The molecule has 1 amide bonds. The minimum absolute atomic E-state index is 0.0482. The van der Waals surface area contributed by atoms with Crippen LogP contribution >= 0.6 is 0 Å². The predicted molar refractivity (Wildman–Crippen MR) is 173 cm³/mol. The van der Waals surface area contributed by atoms with Crippen molar-refractivity contribution in [1.82, 2.24) is 19.9 Å². The van der Waals surface area contributed by atoms with Crippen LogP contribution in [0.5, 0.6) is 5.88 Å². The summed E-state index contributed by atoms with van der Waals surface area (Å²) in [6.45, 7) is 3.27. The van der Waals surface area contributed by atoms with E-state index < -0.39 is 36.7 Å². The van der Waals surface area contributed by atoms with Gasteiger partial charge in [-0.25, -0.2) is 32.2 Å². The van der Waals surface area contributed by atoms with Crippen LogP contribution in [0.2, 0.25) is 0 Å². The molecule has 48 heavy (non-hydrogen) atoms. The van der Waals surface area contributed by atoms with Crippen LogP contribution in [0.3, 0.4) is 0 Å². The third kappa shape index (κ3) is 9.26. The van der Waals surface area contributed by atoms with Crippen molar-refractivity contribution in [2.75, 3.05) is 49.2 Å². The maximum atomic E-state index is 14.3. The molecule has 0 spiro atoms. The van der Waals surface area contributed by atoms with Gasteiger partial charge in [-0.1, -0.05) is 6.07 Å². The van der Waals surface area contributed by atoms with Crippen molar-refractivity contribution in [2.45, 2.75) is 11.8 Å². The van der Waals surface area contributed by atoms with E-state index in [0.717, 1.165) is 17.5 Å². The number of allylic oxidation sites excluding steroid dienone is 1. The van der Waals surface area contributed by atoms with Gasteiger partial charge in [0.25, 0.3) is 20.1 Å². The number of carbonyl (C=O) groups excluding carboxylic acids is 2. The van der Waals surface area contributed by atoms with Crippen molar-refractivity contribution in [3.05, 3.63) is 78.8 Å². The van der Waals surface area contributed by atoms with Crippen molar-refractivity contribution in [3.63, 3.8) is 0 Å². The zero-order chi connectivity index (χ0) is 35.2. The molecule has 2 aromatic carbocycles. The highest BCUT2D eigenvalue weighted by molar-refractivity contribution is 7.92. The van der Waals surface area contributed by atoms with Crippen molar-refractivity contribution in [2.24, 2.45) is 0 Å². The molecular weight excluding hydrogens is 674 g/mol. The summed E-state index contributed by atoms with van der Waals surface area (Å²) in [5.74, 6) is -1.97. The van der Waals surface area contributed by atoms with Crippen LogP contribution in [0.4, 0.5) is 20.3 Å². The molecule has 0 aliphatic carbocycles. The summed E-state index contributed by atoms with van der Waals surface area (Å²) in [6.07, 6.45) is 6.20. The van der Waals surface area contributed by atoms with E-state index in [1.807, 2.05) is 11.0 Å². The number of methoxy groups -OCH3 is 1. The van der Waals surface area contributed by atoms with Crippen LogP contribution in [0.25, 0.3) is 22.0 Å². The molecule has 0 bridgehead atoms. The summed E-state index contributed by atoms with van der Waals surface area (Å²) in [5.41, 5.74) is 1.80.